The van der Waals surface area contributed by atoms with Crippen molar-refractivity contribution in [3.63, 3.8) is 0 Å². The van der Waals surface area contributed by atoms with Crippen LogP contribution >= 0.6 is 22.6 Å². The third-order valence-corrected chi connectivity index (χ3v) is 3.04. The van der Waals surface area contributed by atoms with Gasteiger partial charge in [-0.2, -0.15) is 4.98 Å². The molecule has 0 bridgehead atoms. The summed E-state index contributed by atoms with van der Waals surface area (Å²) in [5.41, 5.74) is 0.410. The molecule has 18 heavy (non-hydrogen) atoms. The largest absolute Gasteiger partial charge is 0.343 e. The first-order valence-electron chi connectivity index (χ1n) is 5.08. The Hall–Kier alpha value is -1.51. The fourth-order valence-corrected chi connectivity index (χ4v) is 2.06. The van der Waals surface area contributed by atoms with E-state index in [0.717, 1.165) is 0 Å². The number of nitrogens with zero attached hydrogens (tertiary/aromatic N) is 2. The highest BCUT2D eigenvalue weighted by atomic mass is 127. The second-order valence-corrected chi connectivity index (χ2v) is 4.70. The SMILES string of the molecule is Cc1noc(CNC(=O)c2ccc(F)cc2I)n1. The molecule has 1 aromatic heterocycles. The van der Waals surface area contributed by atoms with E-state index in [0.29, 0.717) is 20.8 Å². The van der Waals surface area contributed by atoms with Gasteiger partial charge in [0, 0.05) is 3.57 Å². The average Bonchev–Trinajstić information content (AvgIpc) is 2.72. The Morgan fingerprint density at radius 3 is 2.94 bits per heavy atom. The molecule has 0 atom stereocenters. The van der Waals surface area contributed by atoms with E-state index in [4.69, 9.17) is 4.52 Å². The third kappa shape index (κ3) is 3.03. The van der Waals surface area contributed by atoms with Gasteiger partial charge in [-0.25, -0.2) is 4.39 Å². The maximum atomic E-state index is 12.9. The van der Waals surface area contributed by atoms with E-state index in [9.17, 15) is 9.18 Å². The van der Waals surface area contributed by atoms with Crippen LogP contribution in [0.3, 0.4) is 0 Å². The lowest BCUT2D eigenvalue weighted by atomic mass is 10.2. The summed E-state index contributed by atoms with van der Waals surface area (Å²) in [5, 5.41) is 6.23. The highest BCUT2D eigenvalue weighted by molar-refractivity contribution is 14.1. The van der Waals surface area contributed by atoms with Gasteiger partial charge in [-0.15, -0.1) is 0 Å². The van der Waals surface area contributed by atoms with Crippen molar-refractivity contribution in [3.8, 4) is 0 Å². The smallest absolute Gasteiger partial charge is 0.252 e. The van der Waals surface area contributed by atoms with Crippen molar-refractivity contribution in [3.05, 3.63) is 44.9 Å². The summed E-state index contributed by atoms with van der Waals surface area (Å²) in [6.45, 7) is 1.84. The number of nitrogens with one attached hydrogen (secondary N) is 1. The van der Waals surface area contributed by atoms with E-state index < -0.39 is 0 Å². The van der Waals surface area contributed by atoms with E-state index in [1.54, 1.807) is 6.92 Å². The molecule has 0 fully saturated rings. The Labute approximate surface area is 116 Å². The molecule has 1 aromatic carbocycles. The summed E-state index contributed by atoms with van der Waals surface area (Å²) >= 11 is 1.91. The maximum absolute atomic E-state index is 12.9. The van der Waals surface area contributed by atoms with Crippen LogP contribution < -0.4 is 5.32 Å². The van der Waals surface area contributed by atoms with Gasteiger partial charge in [-0.05, 0) is 47.7 Å². The first kappa shape index (κ1) is 12.9. The van der Waals surface area contributed by atoms with Crippen molar-refractivity contribution < 1.29 is 13.7 Å². The zero-order chi connectivity index (χ0) is 13.1. The minimum absolute atomic E-state index is 0.146. The lowest BCUT2D eigenvalue weighted by Crippen LogP contribution is -2.23. The number of aryl methyl sites for hydroxylation is 1. The van der Waals surface area contributed by atoms with Gasteiger partial charge in [0.05, 0.1) is 12.1 Å². The predicted octanol–water partition coefficient (Wildman–Crippen LogP) is 2.05. The monoisotopic (exact) mass is 361 g/mol. The summed E-state index contributed by atoms with van der Waals surface area (Å²) in [6, 6.07) is 3.98. The zero-order valence-electron chi connectivity index (χ0n) is 9.41. The normalized spacial score (nSPS) is 10.4. The van der Waals surface area contributed by atoms with E-state index >= 15 is 0 Å². The van der Waals surface area contributed by atoms with Crippen LogP contribution in [0.2, 0.25) is 0 Å². The molecule has 0 aliphatic heterocycles. The highest BCUT2D eigenvalue weighted by Crippen LogP contribution is 2.13. The first-order chi connectivity index (χ1) is 8.56. The standard InChI is InChI=1S/C11H9FIN3O2/c1-6-15-10(18-16-6)5-14-11(17)8-3-2-7(12)4-9(8)13/h2-4H,5H2,1H3,(H,14,17). The van der Waals surface area contributed by atoms with E-state index in [2.05, 4.69) is 15.5 Å². The molecule has 1 N–H and O–H groups in total. The highest BCUT2D eigenvalue weighted by Gasteiger charge is 2.11. The Morgan fingerprint density at radius 2 is 2.33 bits per heavy atom. The van der Waals surface area contributed by atoms with Gasteiger partial charge in [0.1, 0.15) is 5.82 Å². The van der Waals surface area contributed by atoms with Crippen LogP contribution in [0.4, 0.5) is 4.39 Å². The number of hydrogen-bond acceptors (Lipinski definition) is 4. The van der Waals surface area contributed by atoms with Gasteiger partial charge in [0.25, 0.3) is 5.91 Å². The molecule has 0 aliphatic carbocycles. The molecule has 1 amide bonds. The average molecular weight is 361 g/mol. The van der Waals surface area contributed by atoms with Crippen LogP contribution in [0.1, 0.15) is 22.1 Å². The number of rotatable bonds is 3. The summed E-state index contributed by atoms with van der Waals surface area (Å²) in [4.78, 5) is 15.8. The van der Waals surface area contributed by atoms with Crippen molar-refractivity contribution in [2.24, 2.45) is 0 Å². The third-order valence-electron chi connectivity index (χ3n) is 2.15. The summed E-state index contributed by atoms with van der Waals surface area (Å²) in [7, 11) is 0. The van der Waals surface area contributed by atoms with Crippen LogP contribution in [0.15, 0.2) is 22.7 Å². The van der Waals surface area contributed by atoms with Crippen LogP contribution in [0.5, 0.6) is 0 Å². The maximum Gasteiger partial charge on any atom is 0.252 e. The number of aromatic nitrogens is 2. The van der Waals surface area contributed by atoms with Gasteiger partial charge in [-0.1, -0.05) is 5.16 Å². The lowest BCUT2D eigenvalue weighted by molar-refractivity contribution is 0.0945. The second-order valence-electron chi connectivity index (χ2n) is 3.54. The molecule has 0 saturated carbocycles. The number of carbonyl (C=O) groups is 1. The fourth-order valence-electron chi connectivity index (χ4n) is 1.34. The van der Waals surface area contributed by atoms with E-state index in [1.807, 2.05) is 22.6 Å². The van der Waals surface area contributed by atoms with E-state index in [-0.39, 0.29) is 18.3 Å². The Bertz CT molecular complexity index is 585. The molecule has 1 heterocycles. The molecule has 2 rings (SSSR count). The summed E-state index contributed by atoms with van der Waals surface area (Å²) in [5.74, 6) is 0.160. The fraction of sp³-hybridized carbons (Fsp3) is 0.182. The van der Waals surface area contributed by atoms with Crippen molar-refractivity contribution in [2.45, 2.75) is 13.5 Å². The molecular formula is C11H9FIN3O2. The molecule has 0 spiro atoms. The number of amides is 1. The van der Waals surface area contributed by atoms with Crippen molar-refractivity contribution in [2.75, 3.05) is 0 Å². The van der Waals surface area contributed by atoms with Gasteiger partial charge in [0.2, 0.25) is 5.89 Å². The molecule has 7 heteroatoms. The predicted molar refractivity (Wildman–Crippen MR) is 69.3 cm³/mol. The van der Waals surface area contributed by atoms with Crippen molar-refractivity contribution in [1.29, 1.82) is 0 Å². The Balaban J connectivity index is 2.03. The second kappa shape index (κ2) is 5.42. The van der Waals surface area contributed by atoms with Gasteiger partial charge < -0.3 is 9.84 Å². The van der Waals surface area contributed by atoms with Crippen molar-refractivity contribution in [1.82, 2.24) is 15.5 Å². The Morgan fingerprint density at radius 1 is 1.56 bits per heavy atom. The van der Waals surface area contributed by atoms with Gasteiger partial charge in [0.15, 0.2) is 5.82 Å². The zero-order valence-corrected chi connectivity index (χ0v) is 11.6. The van der Waals surface area contributed by atoms with Crippen LogP contribution in [-0.4, -0.2) is 16.0 Å². The minimum atomic E-state index is -0.372. The van der Waals surface area contributed by atoms with E-state index in [1.165, 1.54) is 18.2 Å². The van der Waals surface area contributed by atoms with Crippen LogP contribution in [-0.2, 0) is 6.54 Å². The van der Waals surface area contributed by atoms with Crippen molar-refractivity contribution >= 4 is 28.5 Å². The number of benzene rings is 1. The minimum Gasteiger partial charge on any atom is -0.343 e. The van der Waals surface area contributed by atoms with Crippen LogP contribution in [0, 0.1) is 16.3 Å². The molecular weight excluding hydrogens is 352 g/mol. The summed E-state index contributed by atoms with van der Waals surface area (Å²) in [6.07, 6.45) is 0. The molecule has 0 aliphatic rings. The Kier molecular flexibility index (Phi) is 3.90. The first-order valence-corrected chi connectivity index (χ1v) is 6.16. The number of hydrogen-bond donors (Lipinski definition) is 1. The quantitative estimate of drug-likeness (QED) is 0.850. The van der Waals surface area contributed by atoms with Gasteiger partial charge in [-0.3, -0.25) is 4.79 Å². The molecule has 2 aromatic rings. The number of halogens is 2. The van der Waals surface area contributed by atoms with Gasteiger partial charge >= 0.3 is 0 Å². The molecule has 5 nitrogen and oxygen atoms in total. The molecule has 94 valence electrons. The molecule has 0 saturated heterocycles. The lowest BCUT2D eigenvalue weighted by Gasteiger charge is -2.04. The number of carbonyl (C=O) groups excluding carboxylic acids is 1. The molecule has 0 unspecified atom stereocenters. The van der Waals surface area contributed by atoms with Crippen LogP contribution in [0.25, 0.3) is 0 Å². The summed E-state index contributed by atoms with van der Waals surface area (Å²) < 4.78 is 18.3. The topological polar surface area (TPSA) is 68.0 Å². The molecule has 0 radical (unpaired) electrons.